The number of benzene rings is 2. The van der Waals surface area contributed by atoms with Gasteiger partial charge in [-0.05, 0) is 43.9 Å². The van der Waals surface area contributed by atoms with Crippen LogP contribution in [0.3, 0.4) is 0 Å². The first-order chi connectivity index (χ1) is 8.56. The van der Waals surface area contributed by atoms with Crippen molar-refractivity contribution in [1.29, 1.82) is 0 Å². The van der Waals surface area contributed by atoms with E-state index in [0.29, 0.717) is 0 Å². The highest BCUT2D eigenvalue weighted by atomic mass is 32.2. The van der Waals surface area contributed by atoms with Crippen molar-refractivity contribution in [3.63, 3.8) is 0 Å². The van der Waals surface area contributed by atoms with Crippen LogP contribution in [-0.4, -0.2) is 8.32 Å². The fourth-order valence-corrected chi connectivity index (χ4v) is 5.42. The lowest BCUT2D eigenvalue weighted by Gasteiger charge is -2.15. The van der Waals surface area contributed by atoms with E-state index in [9.17, 15) is 0 Å². The Morgan fingerprint density at radius 1 is 0.722 bits per heavy atom. The molecule has 0 bridgehead atoms. The second-order valence-corrected chi connectivity index (χ2v) is 11.5. The van der Waals surface area contributed by atoms with Crippen molar-refractivity contribution in [3.05, 3.63) is 60.7 Å². The van der Waals surface area contributed by atoms with E-state index in [1.165, 1.54) is 9.79 Å². The Morgan fingerprint density at radius 3 is 1.44 bits per heavy atom. The normalized spacial score (nSPS) is 11.8. The Balaban J connectivity index is 2.36. The first kappa shape index (κ1) is 13.4. The summed E-state index contributed by atoms with van der Waals surface area (Å²) < 4.78 is 6.38. The van der Waals surface area contributed by atoms with Crippen LogP contribution < -0.4 is 0 Å². The van der Waals surface area contributed by atoms with Crippen LogP contribution in [-0.2, 0) is 15.0 Å². The van der Waals surface area contributed by atoms with E-state index in [-0.39, 0.29) is 11.2 Å². The van der Waals surface area contributed by atoms with Gasteiger partial charge in [-0.2, -0.15) is 0 Å². The summed E-state index contributed by atoms with van der Waals surface area (Å²) in [6, 6.07) is 21.0. The molecular formula is C15H19OSSi+. The molecule has 2 rings (SSSR count). The Hall–Kier alpha value is -1.03. The van der Waals surface area contributed by atoms with Crippen molar-refractivity contribution in [2.45, 2.75) is 29.4 Å². The first-order valence-corrected chi connectivity index (χ1v) is 10.7. The molecule has 0 aliphatic carbocycles. The van der Waals surface area contributed by atoms with Crippen molar-refractivity contribution in [2.24, 2.45) is 0 Å². The fourth-order valence-electron chi connectivity index (χ4n) is 1.57. The molecule has 0 N–H and O–H groups in total. The highest BCUT2D eigenvalue weighted by Gasteiger charge is 2.34. The van der Waals surface area contributed by atoms with Crippen LogP contribution >= 0.6 is 0 Å². The molecule has 2 aromatic carbocycles. The molecule has 2 aromatic rings. The maximum Gasteiger partial charge on any atom is 0.260 e. The minimum Gasteiger partial charge on any atom is -0.217 e. The van der Waals surface area contributed by atoms with Crippen molar-refractivity contribution in [2.75, 3.05) is 0 Å². The van der Waals surface area contributed by atoms with Crippen molar-refractivity contribution in [3.8, 4) is 0 Å². The lowest BCUT2D eigenvalue weighted by Crippen LogP contribution is -2.29. The second-order valence-electron chi connectivity index (χ2n) is 5.09. The van der Waals surface area contributed by atoms with Crippen molar-refractivity contribution in [1.82, 2.24) is 0 Å². The van der Waals surface area contributed by atoms with Gasteiger partial charge < -0.3 is 0 Å². The molecule has 0 fully saturated rings. The van der Waals surface area contributed by atoms with Crippen LogP contribution in [0.1, 0.15) is 0 Å². The molecule has 94 valence electrons. The predicted octanol–water partition coefficient (Wildman–Crippen LogP) is 4.49. The molecule has 0 aliphatic heterocycles. The molecular weight excluding hydrogens is 256 g/mol. The van der Waals surface area contributed by atoms with Crippen LogP contribution in [0.4, 0.5) is 0 Å². The quantitative estimate of drug-likeness (QED) is 0.590. The standard InChI is InChI=1S/C15H19OSSi/c1-18(2,3)16-17(14-10-6-4-7-11-14)15-12-8-5-9-13-15/h4-13H,1-3H3/q+1. The molecule has 0 unspecified atom stereocenters. The van der Waals surface area contributed by atoms with Gasteiger partial charge in [0.1, 0.15) is 0 Å². The van der Waals surface area contributed by atoms with Gasteiger partial charge in [0.05, 0.1) is 0 Å². The number of hydrogen-bond donors (Lipinski definition) is 0. The van der Waals surface area contributed by atoms with E-state index in [4.69, 9.17) is 3.87 Å². The summed E-state index contributed by atoms with van der Waals surface area (Å²) in [6.07, 6.45) is 0. The molecule has 0 aromatic heterocycles. The molecule has 0 heterocycles. The Kier molecular flexibility index (Phi) is 4.27. The maximum atomic E-state index is 6.38. The summed E-state index contributed by atoms with van der Waals surface area (Å²) in [5.74, 6) is 0. The van der Waals surface area contributed by atoms with E-state index in [1.807, 2.05) is 12.1 Å². The summed E-state index contributed by atoms with van der Waals surface area (Å²) >= 11 is -0.259. The number of hydrogen-bond acceptors (Lipinski definition) is 1. The number of rotatable bonds is 4. The topological polar surface area (TPSA) is 9.23 Å². The molecule has 3 heteroatoms. The Morgan fingerprint density at radius 2 is 1.11 bits per heavy atom. The monoisotopic (exact) mass is 275 g/mol. The van der Waals surface area contributed by atoms with E-state index >= 15 is 0 Å². The molecule has 0 atom stereocenters. The van der Waals surface area contributed by atoms with E-state index < -0.39 is 8.32 Å². The van der Waals surface area contributed by atoms with Crippen LogP contribution in [0.25, 0.3) is 0 Å². The molecule has 0 saturated carbocycles. The molecule has 18 heavy (non-hydrogen) atoms. The van der Waals surface area contributed by atoms with Gasteiger partial charge in [0.2, 0.25) is 11.2 Å². The highest BCUT2D eigenvalue weighted by Crippen LogP contribution is 2.27. The molecule has 1 nitrogen and oxygen atoms in total. The van der Waals surface area contributed by atoms with Crippen molar-refractivity contribution >= 4 is 19.5 Å². The van der Waals surface area contributed by atoms with Crippen LogP contribution in [0.2, 0.25) is 19.6 Å². The van der Waals surface area contributed by atoms with Gasteiger partial charge in [0.15, 0.2) is 9.79 Å². The minimum atomic E-state index is -1.57. The lowest BCUT2D eigenvalue weighted by molar-refractivity contribution is 0.629. The molecule has 0 radical (unpaired) electrons. The smallest absolute Gasteiger partial charge is 0.217 e. The zero-order valence-electron chi connectivity index (χ0n) is 11.1. The summed E-state index contributed by atoms with van der Waals surface area (Å²) in [5, 5.41) is 0. The van der Waals surface area contributed by atoms with Gasteiger partial charge in [-0.15, -0.1) is 0 Å². The highest BCUT2D eigenvalue weighted by molar-refractivity contribution is 7.93. The summed E-state index contributed by atoms with van der Waals surface area (Å²) in [6.45, 7) is 6.70. The summed E-state index contributed by atoms with van der Waals surface area (Å²) in [4.78, 5) is 2.51. The van der Waals surface area contributed by atoms with Crippen LogP contribution in [0.5, 0.6) is 0 Å². The van der Waals surface area contributed by atoms with Crippen LogP contribution in [0, 0.1) is 0 Å². The van der Waals surface area contributed by atoms with Gasteiger partial charge in [-0.3, -0.25) is 0 Å². The molecule has 0 spiro atoms. The largest absolute Gasteiger partial charge is 0.260 e. The van der Waals surface area contributed by atoms with Gasteiger partial charge in [-0.1, -0.05) is 36.4 Å². The Bertz CT molecular complexity index is 439. The zero-order chi connectivity index (χ0) is 13.0. The SMILES string of the molecule is C[Si](C)(C)O[S+](c1ccccc1)c1ccccc1. The summed E-state index contributed by atoms with van der Waals surface area (Å²) in [7, 11) is -1.57. The van der Waals surface area contributed by atoms with Gasteiger partial charge in [0, 0.05) is 0 Å². The van der Waals surface area contributed by atoms with Gasteiger partial charge in [0.25, 0.3) is 8.32 Å². The molecule has 0 aliphatic rings. The lowest BCUT2D eigenvalue weighted by atomic mass is 10.4. The second kappa shape index (κ2) is 5.74. The van der Waals surface area contributed by atoms with Gasteiger partial charge in [-0.25, -0.2) is 3.87 Å². The summed E-state index contributed by atoms with van der Waals surface area (Å²) in [5.41, 5.74) is 0. The van der Waals surface area contributed by atoms with E-state index in [0.717, 1.165) is 0 Å². The van der Waals surface area contributed by atoms with E-state index in [2.05, 4.69) is 68.2 Å². The van der Waals surface area contributed by atoms with E-state index in [1.54, 1.807) is 0 Å². The molecule has 0 amide bonds. The average molecular weight is 275 g/mol. The van der Waals surface area contributed by atoms with Crippen LogP contribution in [0.15, 0.2) is 70.5 Å². The zero-order valence-corrected chi connectivity index (χ0v) is 12.9. The molecule has 0 saturated heterocycles. The Labute approximate surface area is 114 Å². The fraction of sp³-hybridized carbons (Fsp3) is 0.200. The first-order valence-electron chi connectivity index (χ1n) is 6.10. The maximum absolute atomic E-state index is 6.38. The third kappa shape index (κ3) is 3.73. The van der Waals surface area contributed by atoms with Crippen molar-refractivity contribution < 1.29 is 3.87 Å². The van der Waals surface area contributed by atoms with Gasteiger partial charge >= 0.3 is 0 Å². The predicted molar refractivity (Wildman–Crippen MR) is 81.2 cm³/mol. The average Bonchev–Trinajstić information content (AvgIpc) is 2.37. The minimum absolute atomic E-state index is 0.259. The third-order valence-corrected chi connectivity index (χ3v) is 6.32. The third-order valence-electron chi connectivity index (χ3n) is 2.25.